The van der Waals surface area contributed by atoms with Crippen LogP contribution >= 0.6 is 0 Å². The number of aromatic nitrogens is 5. The molecule has 0 spiro atoms. The van der Waals surface area contributed by atoms with Gasteiger partial charge in [0.1, 0.15) is 17.8 Å². The first kappa shape index (κ1) is 11.6. The lowest BCUT2D eigenvalue weighted by atomic mass is 9.98. The smallest absolute Gasteiger partial charge is 0.174 e. The molecule has 0 aliphatic rings. The van der Waals surface area contributed by atoms with Crippen LogP contribution in [0, 0.1) is 0 Å². The highest BCUT2D eigenvalue weighted by Gasteiger charge is 2.13. The molecule has 6 heteroatoms. The van der Waals surface area contributed by atoms with Gasteiger partial charge < -0.3 is 5.73 Å². The van der Waals surface area contributed by atoms with Crippen molar-refractivity contribution in [1.29, 1.82) is 0 Å². The Balaban J connectivity index is 2.35. The van der Waals surface area contributed by atoms with Gasteiger partial charge in [-0.15, -0.1) is 0 Å². The Labute approximate surface area is 110 Å². The van der Waals surface area contributed by atoms with Crippen LogP contribution in [0.2, 0.25) is 0 Å². The standard InChI is InChI=1S/C13H14N6/c1-7(2)9-4-16-12(13-17-6-18-19-13)10-5-15-11(14)3-8(9)10/h3-7H,1-2H3,(H2,14,15)(H,17,18,19). The van der Waals surface area contributed by atoms with Gasteiger partial charge in [0.25, 0.3) is 0 Å². The molecule has 0 aliphatic carbocycles. The summed E-state index contributed by atoms with van der Waals surface area (Å²) in [6, 6.07) is 1.88. The molecule has 0 fully saturated rings. The largest absolute Gasteiger partial charge is 0.384 e. The number of rotatable bonds is 2. The van der Waals surface area contributed by atoms with Crippen molar-refractivity contribution in [3.05, 3.63) is 30.4 Å². The molecule has 19 heavy (non-hydrogen) atoms. The summed E-state index contributed by atoms with van der Waals surface area (Å²) in [4.78, 5) is 12.8. The van der Waals surface area contributed by atoms with E-state index < -0.39 is 0 Å². The van der Waals surface area contributed by atoms with Gasteiger partial charge in [0.05, 0.1) is 0 Å². The van der Waals surface area contributed by atoms with Gasteiger partial charge in [-0.1, -0.05) is 13.8 Å². The van der Waals surface area contributed by atoms with Gasteiger partial charge in [-0.25, -0.2) is 9.97 Å². The highest BCUT2D eigenvalue weighted by atomic mass is 15.2. The molecule has 0 amide bonds. The van der Waals surface area contributed by atoms with Crippen molar-refractivity contribution in [2.24, 2.45) is 0 Å². The molecular formula is C13H14N6. The third-order valence-electron chi connectivity index (χ3n) is 3.09. The van der Waals surface area contributed by atoms with Gasteiger partial charge in [0, 0.05) is 17.8 Å². The lowest BCUT2D eigenvalue weighted by Crippen LogP contribution is -1.98. The number of nitrogens with two attached hydrogens (primary N) is 1. The van der Waals surface area contributed by atoms with Gasteiger partial charge in [-0.2, -0.15) is 5.10 Å². The summed E-state index contributed by atoms with van der Waals surface area (Å²) in [7, 11) is 0. The fraction of sp³-hybridized carbons (Fsp3) is 0.231. The molecule has 0 aromatic carbocycles. The molecule has 0 unspecified atom stereocenters. The van der Waals surface area contributed by atoms with Crippen LogP contribution in [-0.4, -0.2) is 25.1 Å². The van der Waals surface area contributed by atoms with Crippen LogP contribution < -0.4 is 5.73 Å². The summed E-state index contributed by atoms with van der Waals surface area (Å²) in [5.74, 6) is 1.50. The Morgan fingerprint density at radius 3 is 2.63 bits per heavy atom. The van der Waals surface area contributed by atoms with E-state index >= 15 is 0 Å². The normalized spacial score (nSPS) is 11.3. The van der Waals surface area contributed by atoms with E-state index in [2.05, 4.69) is 39.0 Å². The zero-order valence-electron chi connectivity index (χ0n) is 10.8. The van der Waals surface area contributed by atoms with Crippen molar-refractivity contribution in [1.82, 2.24) is 25.1 Å². The van der Waals surface area contributed by atoms with Crippen molar-refractivity contribution in [3.63, 3.8) is 0 Å². The summed E-state index contributed by atoms with van der Waals surface area (Å²) in [5, 5.41) is 8.67. The number of nitrogens with zero attached hydrogens (tertiary/aromatic N) is 4. The van der Waals surface area contributed by atoms with E-state index in [1.807, 2.05) is 12.3 Å². The molecule has 3 heterocycles. The minimum Gasteiger partial charge on any atom is -0.384 e. The van der Waals surface area contributed by atoms with Gasteiger partial charge in [0.2, 0.25) is 0 Å². The average Bonchev–Trinajstić information content (AvgIpc) is 2.90. The van der Waals surface area contributed by atoms with E-state index in [1.165, 1.54) is 6.33 Å². The number of aromatic amines is 1. The lowest BCUT2D eigenvalue weighted by Gasteiger charge is -2.11. The van der Waals surface area contributed by atoms with Crippen LogP contribution in [0.15, 0.2) is 24.8 Å². The number of anilines is 1. The second-order valence-corrected chi connectivity index (χ2v) is 4.71. The van der Waals surface area contributed by atoms with Crippen LogP contribution in [0.1, 0.15) is 25.3 Å². The molecule has 0 aliphatic heterocycles. The summed E-state index contributed by atoms with van der Waals surface area (Å²) in [6.45, 7) is 4.25. The van der Waals surface area contributed by atoms with Gasteiger partial charge >= 0.3 is 0 Å². The van der Waals surface area contributed by atoms with E-state index in [4.69, 9.17) is 5.73 Å². The zero-order chi connectivity index (χ0) is 13.4. The van der Waals surface area contributed by atoms with E-state index in [-0.39, 0.29) is 0 Å². The maximum Gasteiger partial charge on any atom is 0.174 e. The first-order valence-corrected chi connectivity index (χ1v) is 6.06. The average molecular weight is 254 g/mol. The minimum absolute atomic E-state index is 0.362. The van der Waals surface area contributed by atoms with Crippen molar-refractivity contribution >= 4 is 16.6 Å². The number of fused-ring (bicyclic) bond motifs is 1. The Morgan fingerprint density at radius 2 is 1.95 bits per heavy atom. The summed E-state index contributed by atoms with van der Waals surface area (Å²) in [5.41, 5.74) is 7.68. The number of nitrogens with one attached hydrogen (secondary N) is 1. The maximum atomic E-state index is 5.79. The first-order valence-electron chi connectivity index (χ1n) is 6.06. The topological polar surface area (TPSA) is 93.4 Å². The number of hydrogen-bond donors (Lipinski definition) is 2. The predicted molar refractivity (Wildman–Crippen MR) is 73.4 cm³/mol. The molecule has 96 valence electrons. The molecule has 0 saturated heterocycles. The lowest BCUT2D eigenvalue weighted by molar-refractivity contribution is 0.869. The van der Waals surface area contributed by atoms with Crippen LogP contribution in [0.5, 0.6) is 0 Å². The molecule has 0 atom stereocenters. The van der Waals surface area contributed by atoms with Crippen molar-refractivity contribution < 1.29 is 0 Å². The summed E-state index contributed by atoms with van der Waals surface area (Å²) < 4.78 is 0. The molecule has 3 aromatic rings. The quantitative estimate of drug-likeness (QED) is 0.730. The van der Waals surface area contributed by atoms with Crippen molar-refractivity contribution in [2.45, 2.75) is 19.8 Å². The van der Waals surface area contributed by atoms with E-state index in [0.717, 1.165) is 22.0 Å². The minimum atomic E-state index is 0.362. The number of hydrogen-bond acceptors (Lipinski definition) is 5. The molecule has 0 saturated carbocycles. The van der Waals surface area contributed by atoms with Crippen molar-refractivity contribution in [3.8, 4) is 11.5 Å². The second-order valence-electron chi connectivity index (χ2n) is 4.71. The first-order chi connectivity index (χ1) is 9.16. The maximum absolute atomic E-state index is 5.79. The number of nitrogen functional groups attached to an aromatic ring is 1. The fourth-order valence-corrected chi connectivity index (χ4v) is 2.14. The van der Waals surface area contributed by atoms with E-state index in [0.29, 0.717) is 17.6 Å². The van der Waals surface area contributed by atoms with Crippen LogP contribution in [-0.2, 0) is 0 Å². The molecule has 3 aromatic heterocycles. The highest BCUT2D eigenvalue weighted by molar-refractivity contribution is 5.95. The molecule has 3 N–H and O–H groups in total. The Hall–Kier alpha value is -2.50. The van der Waals surface area contributed by atoms with E-state index in [9.17, 15) is 0 Å². The zero-order valence-corrected chi connectivity index (χ0v) is 10.8. The summed E-state index contributed by atoms with van der Waals surface area (Å²) in [6.07, 6.45) is 5.07. The molecular weight excluding hydrogens is 240 g/mol. The Kier molecular flexibility index (Phi) is 2.63. The molecule has 6 nitrogen and oxygen atoms in total. The second kappa shape index (κ2) is 4.31. The van der Waals surface area contributed by atoms with E-state index in [1.54, 1.807) is 6.20 Å². The van der Waals surface area contributed by atoms with Gasteiger partial charge in [-0.3, -0.25) is 10.1 Å². The Bertz CT molecular complexity index is 717. The predicted octanol–water partition coefficient (Wildman–Crippen LogP) is 2.12. The van der Waals surface area contributed by atoms with Crippen LogP contribution in [0.25, 0.3) is 22.3 Å². The Morgan fingerprint density at radius 1 is 1.11 bits per heavy atom. The van der Waals surface area contributed by atoms with Crippen LogP contribution in [0.3, 0.4) is 0 Å². The number of H-pyrrole nitrogens is 1. The molecule has 3 rings (SSSR count). The third kappa shape index (κ3) is 1.91. The van der Waals surface area contributed by atoms with Crippen LogP contribution in [0.4, 0.5) is 5.82 Å². The molecule has 0 bridgehead atoms. The number of pyridine rings is 2. The van der Waals surface area contributed by atoms with Gasteiger partial charge in [0.15, 0.2) is 5.82 Å². The monoisotopic (exact) mass is 254 g/mol. The SMILES string of the molecule is CC(C)c1cnc(-c2ncn[nH]2)c2cnc(N)cc12. The fourth-order valence-electron chi connectivity index (χ4n) is 2.14. The van der Waals surface area contributed by atoms with Crippen molar-refractivity contribution in [2.75, 3.05) is 5.73 Å². The highest BCUT2D eigenvalue weighted by Crippen LogP contribution is 2.30. The van der Waals surface area contributed by atoms with Gasteiger partial charge in [-0.05, 0) is 22.9 Å². The third-order valence-corrected chi connectivity index (χ3v) is 3.09. The molecule has 0 radical (unpaired) electrons. The summed E-state index contributed by atoms with van der Waals surface area (Å²) >= 11 is 0.